The number of nitrogens with zero attached hydrogens (tertiary/aromatic N) is 2. The smallest absolute Gasteiger partial charge is 0.338 e. The zero-order valence-corrected chi connectivity index (χ0v) is 12.8. The number of nitrogens with two attached hydrogens (primary N) is 1. The van der Waals surface area contributed by atoms with Gasteiger partial charge in [0.05, 0.1) is 24.1 Å². The number of halogens is 1. The van der Waals surface area contributed by atoms with Crippen LogP contribution in [0.3, 0.4) is 0 Å². The summed E-state index contributed by atoms with van der Waals surface area (Å²) in [4.78, 5) is 12.0. The van der Waals surface area contributed by atoms with Gasteiger partial charge in [-0.3, -0.25) is 4.68 Å². The zero-order valence-electron chi connectivity index (χ0n) is 12.0. The van der Waals surface area contributed by atoms with E-state index in [9.17, 15) is 4.79 Å². The topological polar surface area (TPSA) is 79.4 Å². The second-order valence-electron chi connectivity index (χ2n) is 4.51. The summed E-state index contributed by atoms with van der Waals surface area (Å²) >= 11 is 6.08. The minimum atomic E-state index is -0.479. The molecule has 112 valence electrons. The Balaban J connectivity index is 2.12. The number of hydrogen-bond acceptors (Lipinski definition) is 5. The lowest BCUT2D eigenvalue weighted by atomic mass is 10.2. The standard InChI is InChI=1S/C14H16ClN3O3/c1-8-10(13(15)18(2)17-8)7-21-14(19)9-4-5-11(16)12(6-9)20-3/h4-6H,7,16H2,1-3H3. The van der Waals surface area contributed by atoms with Gasteiger partial charge in [-0.25, -0.2) is 4.79 Å². The third-order valence-corrected chi connectivity index (χ3v) is 3.56. The van der Waals surface area contributed by atoms with Crippen molar-refractivity contribution >= 4 is 23.3 Å². The van der Waals surface area contributed by atoms with Crippen LogP contribution in [0.2, 0.25) is 5.15 Å². The summed E-state index contributed by atoms with van der Waals surface area (Å²) < 4.78 is 11.9. The van der Waals surface area contributed by atoms with Gasteiger partial charge >= 0.3 is 5.97 Å². The Morgan fingerprint density at radius 3 is 2.76 bits per heavy atom. The van der Waals surface area contributed by atoms with Crippen LogP contribution in [0, 0.1) is 6.92 Å². The van der Waals surface area contributed by atoms with Crippen LogP contribution in [-0.4, -0.2) is 22.9 Å². The molecule has 0 bridgehead atoms. The first-order valence-electron chi connectivity index (χ1n) is 6.22. The third kappa shape index (κ3) is 3.11. The van der Waals surface area contributed by atoms with Gasteiger partial charge in [-0.15, -0.1) is 0 Å². The molecule has 0 spiro atoms. The van der Waals surface area contributed by atoms with Crippen LogP contribution < -0.4 is 10.5 Å². The number of carbonyl (C=O) groups excluding carboxylic acids is 1. The molecule has 0 fully saturated rings. The lowest BCUT2D eigenvalue weighted by Crippen LogP contribution is -2.06. The molecule has 0 radical (unpaired) electrons. The Labute approximate surface area is 127 Å². The first kappa shape index (κ1) is 15.2. The number of benzene rings is 1. The lowest BCUT2D eigenvalue weighted by molar-refractivity contribution is 0.0472. The molecule has 0 atom stereocenters. The molecule has 0 unspecified atom stereocenters. The van der Waals surface area contributed by atoms with Crippen molar-refractivity contribution < 1.29 is 14.3 Å². The van der Waals surface area contributed by atoms with Gasteiger partial charge < -0.3 is 15.2 Å². The summed E-state index contributed by atoms with van der Waals surface area (Å²) in [5.41, 5.74) is 7.94. The molecule has 21 heavy (non-hydrogen) atoms. The van der Waals surface area contributed by atoms with Crippen LogP contribution in [0.15, 0.2) is 18.2 Å². The fourth-order valence-corrected chi connectivity index (χ4v) is 2.13. The van der Waals surface area contributed by atoms with Crippen molar-refractivity contribution in [3.8, 4) is 5.75 Å². The Morgan fingerprint density at radius 1 is 1.48 bits per heavy atom. The fourth-order valence-electron chi connectivity index (χ4n) is 1.90. The molecule has 2 aromatic rings. The van der Waals surface area contributed by atoms with E-state index in [0.717, 1.165) is 5.69 Å². The normalized spacial score (nSPS) is 10.5. The maximum atomic E-state index is 12.0. The highest BCUT2D eigenvalue weighted by atomic mass is 35.5. The average molecular weight is 310 g/mol. The number of anilines is 1. The Hall–Kier alpha value is -2.21. The van der Waals surface area contributed by atoms with E-state index in [1.807, 2.05) is 0 Å². The molecular formula is C14H16ClN3O3. The molecule has 0 aliphatic carbocycles. The van der Waals surface area contributed by atoms with Crippen LogP contribution in [0.4, 0.5) is 5.69 Å². The second kappa shape index (κ2) is 6.05. The molecule has 0 amide bonds. The van der Waals surface area contributed by atoms with E-state index in [0.29, 0.717) is 27.7 Å². The number of rotatable bonds is 4. The lowest BCUT2D eigenvalue weighted by Gasteiger charge is -2.08. The molecular weight excluding hydrogens is 294 g/mol. The largest absolute Gasteiger partial charge is 0.495 e. The summed E-state index contributed by atoms with van der Waals surface area (Å²) in [7, 11) is 3.21. The van der Waals surface area contributed by atoms with Crippen molar-refractivity contribution in [1.29, 1.82) is 0 Å². The van der Waals surface area contributed by atoms with Crippen LogP contribution in [0.5, 0.6) is 5.75 Å². The van der Waals surface area contributed by atoms with Gasteiger partial charge in [-0.2, -0.15) is 5.10 Å². The summed E-state index contributed by atoms with van der Waals surface area (Å²) in [5, 5.41) is 4.61. The number of carbonyl (C=O) groups is 1. The molecule has 1 heterocycles. The van der Waals surface area contributed by atoms with Gasteiger partial charge in [0.15, 0.2) is 0 Å². The van der Waals surface area contributed by atoms with Crippen molar-refractivity contribution in [3.63, 3.8) is 0 Å². The zero-order chi connectivity index (χ0) is 15.6. The number of aromatic nitrogens is 2. The van der Waals surface area contributed by atoms with Crippen molar-refractivity contribution in [2.45, 2.75) is 13.5 Å². The van der Waals surface area contributed by atoms with Gasteiger partial charge in [0, 0.05) is 12.6 Å². The number of ether oxygens (including phenoxy) is 2. The van der Waals surface area contributed by atoms with Crippen molar-refractivity contribution in [3.05, 3.63) is 40.2 Å². The molecule has 0 aliphatic heterocycles. The summed E-state index contributed by atoms with van der Waals surface area (Å²) in [6.07, 6.45) is 0. The number of hydrogen-bond donors (Lipinski definition) is 1. The second-order valence-corrected chi connectivity index (χ2v) is 4.87. The molecule has 2 N–H and O–H groups in total. The monoisotopic (exact) mass is 309 g/mol. The molecule has 6 nitrogen and oxygen atoms in total. The quantitative estimate of drug-likeness (QED) is 0.692. The Kier molecular flexibility index (Phi) is 4.37. The minimum Gasteiger partial charge on any atom is -0.495 e. The number of esters is 1. The molecule has 0 aliphatic rings. The maximum Gasteiger partial charge on any atom is 0.338 e. The van der Waals surface area contributed by atoms with Gasteiger partial charge in [0.1, 0.15) is 17.5 Å². The van der Waals surface area contributed by atoms with Gasteiger partial charge in [0.25, 0.3) is 0 Å². The minimum absolute atomic E-state index is 0.0596. The van der Waals surface area contributed by atoms with E-state index >= 15 is 0 Å². The van der Waals surface area contributed by atoms with E-state index in [4.69, 9.17) is 26.8 Å². The Morgan fingerprint density at radius 2 is 2.19 bits per heavy atom. The number of methoxy groups -OCH3 is 1. The summed E-state index contributed by atoms with van der Waals surface area (Å²) in [6.45, 7) is 1.87. The third-order valence-electron chi connectivity index (χ3n) is 3.09. The van der Waals surface area contributed by atoms with Crippen molar-refractivity contribution in [1.82, 2.24) is 9.78 Å². The predicted octanol–water partition coefficient (Wildman–Crippen LogP) is 2.33. The van der Waals surface area contributed by atoms with Crippen molar-refractivity contribution in [2.75, 3.05) is 12.8 Å². The highest BCUT2D eigenvalue weighted by molar-refractivity contribution is 6.30. The van der Waals surface area contributed by atoms with E-state index < -0.39 is 5.97 Å². The van der Waals surface area contributed by atoms with E-state index in [2.05, 4.69) is 5.10 Å². The van der Waals surface area contributed by atoms with Crippen LogP contribution >= 0.6 is 11.6 Å². The molecule has 2 rings (SSSR count). The van der Waals surface area contributed by atoms with Gasteiger partial charge in [0.2, 0.25) is 0 Å². The first-order chi connectivity index (χ1) is 9.93. The highest BCUT2D eigenvalue weighted by Crippen LogP contribution is 2.24. The molecule has 0 saturated heterocycles. The maximum absolute atomic E-state index is 12.0. The molecule has 7 heteroatoms. The highest BCUT2D eigenvalue weighted by Gasteiger charge is 2.15. The predicted molar refractivity (Wildman–Crippen MR) is 79.5 cm³/mol. The van der Waals surface area contributed by atoms with Crippen LogP contribution in [0.1, 0.15) is 21.6 Å². The van der Waals surface area contributed by atoms with Crippen LogP contribution in [0.25, 0.3) is 0 Å². The first-order valence-corrected chi connectivity index (χ1v) is 6.60. The van der Waals surface area contributed by atoms with E-state index in [1.165, 1.54) is 17.9 Å². The van der Waals surface area contributed by atoms with Gasteiger partial charge in [-0.1, -0.05) is 11.6 Å². The molecule has 0 saturated carbocycles. The SMILES string of the molecule is COc1cc(C(=O)OCc2c(C)nn(C)c2Cl)ccc1N. The molecule has 1 aromatic carbocycles. The summed E-state index contributed by atoms with van der Waals surface area (Å²) in [5.74, 6) is -0.0485. The van der Waals surface area contributed by atoms with Crippen molar-refractivity contribution in [2.24, 2.45) is 7.05 Å². The summed E-state index contributed by atoms with van der Waals surface area (Å²) in [6, 6.07) is 4.71. The van der Waals surface area contributed by atoms with Gasteiger partial charge in [-0.05, 0) is 25.1 Å². The Bertz CT molecular complexity index is 682. The van der Waals surface area contributed by atoms with E-state index in [-0.39, 0.29) is 6.61 Å². The van der Waals surface area contributed by atoms with E-state index in [1.54, 1.807) is 26.1 Å². The average Bonchev–Trinajstić information content (AvgIpc) is 2.70. The number of aryl methyl sites for hydroxylation is 2. The molecule has 1 aromatic heterocycles. The van der Waals surface area contributed by atoms with Crippen LogP contribution in [-0.2, 0) is 18.4 Å². The number of nitrogen functional groups attached to an aromatic ring is 1. The fraction of sp³-hybridized carbons (Fsp3) is 0.286.